The second kappa shape index (κ2) is 7.59. The zero-order valence-corrected chi connectivity index (χ0v) is 14.2. The molecule has 5 nitrogen and oxygen atoms in total. The molecule has 1 aliphatic rings. The van der Waals surface area contributed by atoms with Crippen LogP contribution in [0.1, 0.15) is 43.9 Å². The molecule has 0 saturated carbocycles. The molecule has 0 aromatic heterocycles. The first-order chi connectivity index (χ1) is 10.9. The standard InChI is InChI=1S/C18H27N3O2/c1-12-6-4-5-7-16(12)13(2)20-14(3)18(23)21-10-8-15(9-11-21)17(19)22/h4-7,13-15,20H,8-11H2,1-3H3,(H2,19,22)/t13-,14+/m1/s1. The molecule has 1 aromatic rings. The second-order valence-corrected chi connectivity index (χ2v) is 6.47. The third-order valence-electron chi connectivity index (χ3n) is 4.73. The molecule has 1 saturated heterocycles. The fourth-order valence-corrected chi connectivity index (χ4v) is 3.27. The lowest BCUT2D eigenvalue weighted by Gasteiger charge is -2.33. The van der Waals surface area contributed by atoms with Gasteiger partial charge in [0.05, 0.1) is 6.04 Å². The molecule has 3 N–H and O–H groups in total. The summed E-state index contributed by atoms with van der Waals surface area (Å²) in [5, 5.41) is 3.39. The van der Waals surface area contributed by atoms with Gasteiger partial charge in [0.1, 0.15) is 0 Å². The SMILES string of the molecule is Cc1ccccc1[C@@H](C)N[C@@H](C)C(=O)N1CCC(C(N)=O)CC1. The van der Waals surface area contributed by atoms with E-state index in [0.717, 1.165) is 0 Å². The average Bonchev–Trinajstić information content (AvgIpc) is 2.54. The Kier molecular flexibility index (Phi) is 5.77. The van der Waals surface area contributed by atoms with E-state index in [1.165, 1.54) is 11.1 Å². The number of nitrogens with one attached hydrogen (secondary N) is 1. The van der Waals surface area contributed by atoms with Crippen molar-refractivity contribution in [1.82, 2.24) is 10.2 Å². The van der Waals surface area contributed by atoms with Crippen LogP contribution in [0.3, 0.4) is 0 Å². The number of piperidine rings is 1. The van der Waals surface area contributed by atoms with E-state index in [2.05, 4.69) is 31.3 Å². The third kappa shape index (κ3) is 4.32. The van der Waals surface area contributed by atoms with Crippen LogP contribution < -0.4 is 11.1 Å². The minimum absolute atomic E-state index is 0.0896. The first-order valence-corrected chi connectivity index (χ1v) is 8.29. The Labute approximate surface area is 138 Å². The summed E-state index contributed by atoms with van der Waals surface area (Å²) in [6, 6.07) is 8.05. The van der Waals surface area contributed by atoms with Crippen LogP contribution in [0.15, 0.2) is 24.3 Å². The summed E-state index contributed by atoms with van der Waals surface area (Å²) in [4.78, 5) is 25.6. The molecule has 1 aromatic carbocycles. The second-order valence-electron chi connectivity index (χ2n) is 6.47. The van der Waals surface area contributed by atoms with Gasteiger partial charge in [0.15, 0.2) is 0 Å². The van der Waals surface area contributed by atoms with Crippen LogP contribution in [0.2, 0.25) is 0 Å². The molecule has 0 bridgehead atoms. The van der Waals surface area contributed by atoms with Crippen molar-refractivity contribution in [3.8, 4) is 0 Å². The first-order valence-electron chi connectivity index (χ1n) is 8.29. The number of aryl methyl sites for hydroxylation is 1. The maximum absolute atomic E-state index is 12.6. The lowest BCUT2D eigenvalue weighted by atomic mass is 9.96. The number of amides is 2. The summed E-state index contributed by atoms with van der Waals surface area (Å²) >= 11 is 0. The van der Waals surface area contributed by atoms with Crippen molar-refractivity contribution < 1.29 is 9.59 Å². The monoisotopic (exact) mass is 317 g/mol. The number of nitrogens with zero attached hydrogens (tertiary/aromatic N) is 1. The maximum Gasteiger partial charge on any atom is 0.239 e. The molecule has 1 fully saturated rings. The van der Waals surface area contributed by atoms with Crippen molar-refractivity contribution in [3.63, 3.8) is 0 Å². The van der Waals surface area contributed by atoms with Crippen LogP contribution in [0.5, 0.6) is 0 Å². The lowest BCUT2D eigenvalue weighted by molar-refractivity contribution is -0.136. The van der Waals surface area contributed by atoms with E-state index in [4.69, 9.17) is 5.73 Å². The molecule has 1 heterocycles. The number of carbonyl (C=O) groups excluding carboxylic acids is 2. The predicted octanol–water partition coefficient (Wildman–Crippen LogP) is 1.76. The summed E-state index contributed by atoms with van der Waals surface area (Å²) in [5.74, 6) is -0.252. The lowest BCUT2D eigenvalue weighted by Crippen LogP contribution is -2.49. The number of benzene rings is 1. The highest BCUT2D eigenvalue weighted by Crippen LogP contribution is 2.20. The Morgan fingerprint density at radius 2 is 1.83 bits per heavy atom. The largest absolute Gasteiger partial charge is 0.369 e. The number of nitrogens with two attached hydrogens (primary N) is 1. The van der Waals surface area contributed by atoms with Gasteiger partial charge in [0.25, 0.3) is 0 Å². The van der Waals surface area contributed by atoms with Crippen molar-refractivity contribution in [1.29, 1.82) is 0 Å². The van der Waals surface area contributed by atoms with Crippen LogP contribution in [-0.4, -0.2) is 35.8 Å². The Morgan fingerprint density at radius 3 is 2.39 bits per heavy atom. The number of likely N-dealkylation sites (tertiary alicyclic amines) is 1. The zero-order chi connectivity index (χ0) is 17.0. The molecule has 23 heavy (non-hydrogen) atoms. The summed E-state index contributed by atoms with van der Waals surface area (Å²) in [7, 11) is 0. The van der Waals surface area contributed by atoms with Gasteiger partial charge >= 0.3 is 0 Å². The molecular weight excluding hydrogens is 290 g/mol. The molecule has 0 aliphatic carbocycles. The quantitative estimate of drug-likeness (QED) is 0.869. The smallest absolute Gasteiger partial charge is 0.239 e. The van der Waals surface area contributed by atoms with Crippen molar-refractivity contribution in [2.45, 2.75) is 45.7 Å². The highest BCUT2D eigenvalue weighted by atomic mass is 16.2. The van der Waals surface area contributed by atoms with Crippen LogP contribution in [-0.2, 0) is 9.59 Å². The van der Waals surface area contributed by atoms with Gasteiger partial charge in [-0.1, -0.05) is 24.3 Å². The Balaban J connectivity index is 1.90. The molecular formula is C18H27N3O2. The minimum Gasteiger partial charge on any atom is -0.369 e. The van der Waals surface area contributed by atoms with Crippen LogP contribution in [0.4, 0.5) is 0 Å². The average molecular weight is 317 g/mol. The molecule has 2 rings (SSSR count). The first kappa shape index (κ1) is 17.5. The molecule has 0 radical (unpaired) electrons. The number of hydrogen-bond acceptors (Lipinski definition) is 3. The Morgan fingerprint density at radius 1 is 1.22 bits per heavy atom. The van der Waals surface area contributed by atoms with E-state index in [9.17, 15) is 9.59 Å². The summed E-state index contributed by atoms with van der Waals surface area (Å²) < 4.78 is 0. The molecule has 126 valence electrons. The van der Waals surface area contributed by atoms with Crippen molar-refractivity contribution in [2.24, 2.45) is 11.7 Å². The third-order valence-corrected chi connectivity index (χ3v) is 4.73. The van der Waals surface area contributed by atoms with E-state index < -0.39 is 0 Å². The molecule has 5 heteroatoms. The van der Waals surface area contributed by atoms with Crippen LogP contribution in [0, 0.1) is 12.8 Å². The summed E-state index contributed by atoms with van der Waals surface area (Å²) in [6.07, 6.45) is 1.34. The Bertz CT molecular complexity index is 565. The number of carbonyl (C=O) groups is 2. The highest BCUT2D eigenvalue weighted by molar-refractivity contribution is 5.82. The van der Waals surface area contributed by atoms with Crippen LogP contribution >= 0.6 is 0 Å². The van der Waals surface area contributed by atoms with E-state index in [0.29, 0.717) is 25.9 Å². The van der Waals surface area contributed by atoms with Gasteiger partial charge in [-0.05, 0) is 44.7 Å². The molecule has 0 spiro atoms. The van der Waals surface area contributed by atoms with Crippen molar-refractivity contribution >= 4 is 11.8 Å². The predicted molar refractivity (Wildman–Crippen MR) is 90.7 cm³/mol. The van der Waals surface area contributed by atoms with Gasteiger partial charge in [-0.3, -0.25) is 14.9 Å². The fourth-order valence-electron chi connectivity index (χ4n) is 3.27. The van der Waals surface area contributed by atoms with Gasteiger partial charge in [0, 0.05) is 25.0 Å². The molecule has 2 amide bonds. The van der Waals surface area contributed by atoms with Crippen molar-refractivity contribution in [2.75, 3.05) is 13.1 Å². The molecule has 2 atom stereocenters. The van der Waals surface area contributed by atoms with Gasteiger partial charge in [-0.2, -0.15) is 0 Å². The summed E-state index contributed by atoms with van der Waals surface area (Å²) in [5.41, 5.74) is 7.76. The normalized spacial score (nSPS) is 18.5. The Hall–Kier alpha value is -1.88. The zero-order valence-electron chi connectivity index (χ0n) is 14.2. The van der Waals surface area contributed by atoms with E-state index in [1.54, 1.807) is 0 Å². The molecule has 0 unspecified atom stereocenters. The van der Waals surface area contributed by atoms with Gasteiger partial charge < -0.3 is 10.6 Å². The molecule has 1 aliphatic heterocycles. The van der Waals surface area contributed by atoms with Gasteiger partial charge in [-0.15, -0.1) is 0 Å². The topological polar surface area (TPSA) is 75.4 Å². The number of primary amides is 1. The maximum atomic E-state index is 12.6. The van der Waals surface area contributed by atoms with E-state index >= 15 is 0 Å². The van der Waals surface area contributed by atoms with Crippen molar-refractivity contribution in [3.05, 3.63) is 35.4 Å². The van der Waals surface area contributed by atoms with Crippen LogP contribution in [0.25, 0.3) is 0 Å². The minimum atomic E-state index is -0.255. The summed E-state index contributed by atoms with van der Waals surface area (Å²) in [6.45, 7) is 7.27. The van der Waals surface area contributed by atoms with E-state index in [1.807, 2.05) is 24.0 Å². The van der Waals surface area contributed by atoms with Gasteiger partial charge in [-0.25, -0.2) is 0 Å². The van der Waals surface area contributed by atoms with E-state index in [-0.39, 0.29) is 29.8 Å². The number of hydrogen-bond donors (Lipinski definition) is 2. The van der Waals surface area contributed by atoms with Gasteiger partial charge in [0.2, 0.25) is 11.8 Å². The fraction of sp³-hybridized carbons (Fsp3) is 0.556. The highest BCUT2D eigenvalue weighted by Gasteiger charge is 2.28. The number of rotatable bonds is 5.